The number of benzene rings is 2. The van der Waals surface area contributed by atoms with E-state index in [-0.39, 0.29) is 42.6 Å². The Bertz CT molecular complexity index is 1740. The second-order valence-corrected chi connectivity index (χ2v) is 17.2. The quantitative estimate of drug-likeness (QED) is 0.0779. The van der Waals surface area contributed by atoms with E-state index in [2.05, 4.69) is 85.5 Å². The summed E-state index contributed by atoms with van der Waals surface area (Å²) in [6.07, 6.45) is 9.35. The van der Waals surface area contributed by atoms with E-state index < -0.39 is 49.4 Å². The van der Waals surface area contributed by atoms with Gasteiger partial charge >= 0.3 is 7.12 Å². The van der Waals surface area contributed by atoms with Crippen molar-refractivity contribution in [2.24, 2.45) is 17.3 Å². The van der Waals surface area contributed by atoms with Crippen molar-refractivity contribution in [3.8, 4) is 11.1 Å². The van der Waals surface area contributed by atoms with Gasteiger partial charge in [0.15, 0.2) is 0 Å². The van der Waals surface area contributed by atoms with Crippen LogP contribution in [0.2, 0.25) is 0 Å². The van der Waals surface area contributed by atoms with Gasteiger partial charge in [-0.2, -0.15) is 0 Å². The fraction of sp³-hybridized carbons (Fsp3) is 0.622. The zero-order valence-electron chi connectivity index (χ0n) is 36.0. The third-order valence-electron chi connectivity index (χ3n) is 12.6. The monoisotopic (exact) mass is 816 g/mol. The molecule has 13 nitrogen and oxygen atoms in total. The predicted molar refractivity (Wildman–Crippen MR) is 228 cm³/mol. The minimum Gasteiger partial charge on any atom is -0.404 e. The number of hydrogen-bond donors (Lipinski definition) is 5. The summed E-state index contributed by atoms with van der Waals surface area (Å²) in [6.45, 7) is 12.4. The summed E-state index contributed by atoms with van der Waals surface area (Å²) >= 11 is 0. The van der Waals surface area contributed by atoms with Gasteiger partial charge in [-0.15, -0.1) is 0 Å². The van der Waals surface area contributed by atoms with Gasteiger partial charge < -0.3 is 40.6 Å². The van der Waals surface area contributed by atoms with Crippen molar-refractivity contribution in [2.45, 2.75) is 130 Å². The predicted octanol–water partition coefficient (Wildman–Crippen LogP) is 4.90. The van der Waals surface area contributed by atoms with Crippen molar-refractivity contribution < 1.29 is 38.0 Å². The molecule has 1 saturated heterocycles. The molecule has 2 bridgehead atoms. The van der Waals surface area contributed by atoms with E-state index in [1.165, 1.54) is 5.56 Å². The Hall–Kier alpha value is -4.27. The number of rotatable bonds is 23. The van der Waals surface area contributed by atoms with E-state index in [1.807, 2.05) is 19.1 Å². The van der Waals surface area contributed by atoms with Gasteiger partial charge in [-0.3, -0.25) is 24.0 Å². The molecule has 0 aromatic heterocycles. The van der Waals surface area contributed by atoms with E-state index in [0.29, 0.717) is 36.8 Å². The van der Waals surface area contributed by atoms with Gasteiger partial charge in [-0.25, -0.2) is 0 Å². The molecule has 4 unspecified atom stereocenters. The maximum Gasteiger partial charge on any atom is 0.478 e. The van der Waals surface area contributed by atoms with E-state index in [1.54, 1.807) is 12.1 Å². The van der Waals surface area contributed by atoms with Gasteiger partial charge in [-0.1, -0.05) is 96.7 Å². The molecular formula is C45H66BN5O8. The highest BCUT2D eigenvalue weighted by molar-refractivity contribution is 6.46. The lowest BCUT2D eigenvalue weighted by Gasteiger charge is -2.64. The van der Waals surface area contributed by atoms with Gasteiger partial charge in [0.1, 0.15) is 12.1 Å². The van der Waals surface area contributed by atoms with Crippen LogP contribution in [0, 0.1) is 17.3 Å². The van der Waals surface area contributed by atoms with Crippen LogP contribution < -0.4 is 26.6 Å². The molecule has 4 aliphatic rings. The summed E-state index contributed by atoms with van der Waals surface area (Å²) in [6, 6.07) is 13.6. The van der Waals surface area contributed by atoms with Gasteiger partial charge in [0.05, 0.1) is 37.8 Å². The lowest BCUT2D eigenvalue weighted by Crippen LogP contribution is -2.65. The Morgan fingerprint density at radius 1 is 0.763 bits per heavy atom. The van der Waals surface area contributed by atoms with Crippen molar-refractivity contribution in [1.29, 1.82) is 0 Å². The maximum absolute atomic E-state index is 13.3. The number of aryl methyl sites for hydroxylation is 1. The number of carbonyl (C=O) groups excluding carboxylic acids is 5. The van der Waals surface area contributed by atoms with Gasteiger partial charge in [0.2, 0.25) is 23.6 Å². The Morgan fingerprint density at radius 3 is 2.03 bits per heavy atom. The molecule has 14 heteroatoms. The van der Waals surface area contributed by atoms with Crippen LogP contribution in [0.3, 0.4) is 0 Å². The smallest absolute Gasteiger partial charge is 0.404 e. The number of ether oxygens (including phenoxy) is 1. The summed E-state index contributed by atoms with van der Waals surface area (Å²) in [5.74, 6) is -1.56. The second kappa shape index (κ2) is 21.3. The molecule has 6 rings (SSSR count). The van der Waals surface area contributed by atoms with E-state index in [0.717, 1.165) is 62.5 Å². The number of nitrogens with one attached hydrogen (secondary N) is 5. The molecule has 5 amide bonds. The summed E-state index contributed by atoms with van der Waals surface area (Å²) < 4.78 is 18.4. The average molecular weight is 816 g/mol. The number of hydrogen-bond acceptors (Lipinski definition) is 8. The normalized spacial score (nSPS) is 22.3. The second-order valence-electron chi connectivity index (χ2n) is 17.2. The zero-order chi connectivity index (χ0) is 42.6. The van der Waals surface area contributed by atoms with Crippen LogP contribution in [0.15, 0.2) is 48.5 Å². The minimum atomic E-state index is -1.12. The Kier molecular flexibility index (Phi) is 16.5. The molecule has 0 spiro atoms. The number of unbranched alkanes of at least 4 members (excludes halogenated alkanes) is 3. The summed E-state index contributed by atoms with van der Waals surface area (Å²) in [7, 11) is -0.568. The highest BCUT2D eigenvalue weighted by Crippen LogP contribution is 2.65. The summed E-state index contributed by atoms with van der Waals surface area (Å²) in [5.41, 5.74) is 3.53. The van der Waals surface area contributed by atoms with E-state index in [4.69, 9.17) is 14.0 Å². The molecule has 59 heavy (non-hydrogen) atoms. The fourth-order valence-corrected chi connectivity index (χ4v) is 8.84. The molecule has 2 aromatic carbocycles. The molecule has 322 valence electrons. The SMILES string of the molecule is CCCCCOCC(NC(=O)CNC(=O)c1ccc(-c2ccc(CCCC)cc2)cc1)C(=O)NCC(=O)NC(CCC)C(=O)NCB1O[C@@H]2CC3CC(C3(C)C)[C@]2(C)O1. The molecule has 0 radical (unpaired) electrons. The largest absolute Gasteiger partial charge is 0.478 e. The van der Waals surface area contributed by atoms with Gasteiger partial charge in [0.25, 0.3) is 5.91 Å². The highest BCUT2D eigenvalue weighted by Gasteiger charge is 2.67. The molecule has 1 aliphatic heterocycles. The van der Waals surface area contributed by atoms with Crippen LogP contribution in [0.4, 0.5) is 0 Å². The molecular weight excluding hydrogens is 749 g/mol. The third-order valence-corrected chi connectivity index (χ3v) is 12.6. The van der Waals surface area contributed by atoms with Crippen LogP contribution >= 0.6 is 0 Å². The van der Waals surface area contributed by atoms with E-state index in [9.17, 15) is 24.0 Å². The van der Waals surface area contributed by atoms with Crippen molar-refractivity contribution in [3.63, 3.8) is 0 Å². The Balaban J connectivity index is 1.07. The molecule has 5 N–H and O–H groups in total. The first kappa shape index (κ1) is 45.8. The lowest BCUT2D eigenvalue weighted by atomic mass is 9.43. The van der Waals surface area contributed by atoms with Crippen LogP contribution in [-0.2, 0) is 39.6 Å². The molecule has 2 aromatic rings. The van der Waals surface area contributed by atoms with Crippen molar-refractivity contribution in [1.82, 2.24) is 26.6 Å². The van der Waals surface area contributed by atoms with Gasteiger partial charge in [0, 0.05) is 12.2 Å². The number of carbonyl (C=O) groups is 5. The summed E-state index contributed by atoms with van der Waals surface area (Å²) in [4.78, 5) is 65.5. The number of amides is 5. The van der Waals surface area contributed by atoms with Crippen molar-refractivity contribution in [3.05, 3.63) is 59.7 Å². The topological polar surface area (TPSA) is 173 Å². The van der Waals surface area contributed by atoms with Crippen molar-refractivity contribution >= 4 is 36.7 Å². The molecule has 1 heterocycles. The third kappa shape index (κ3) is 11.9. The first-order chi connectivity index (χ1) is 28.3. The first-order valence-electron chi connectivity index (χ1n) is 21.8. The fourth-order valence-electron chi connectivity index (χ4n) is 8.84. The van der Waals surface area contributed by atoms with Crippen LogP contribution in [0.1, 0.15) is 115 Å². The molecule has 3 saturated carbocycles. The molecule has 4 fully saturated rings. The highest BCUT2D eigenvalue weighted by atomic mass is 16.7. The standard InChI is InChI=1S/C45H66BN5O8/c1-7-10-12-23-57-28-36(51-40(53)26-47-41(54)33-21-19-32(20-22-33)31-17-15-30(16-18-31)14-11-8-2)43(56)48-27-39(52)50-35(13-9-3)42(55)49-29-46-58-38-25-34-24-37(44(34,4)5)45(38,6)59-46/h15-22,34-38H,7-14,23-29H2,1-6H3,(H,47,54)(H,48,56)(H,49,55)(H,50,52)(H,51,53)/t34?,35?,36?,37?,38-,45+/m1/s1. The van der Waals surface area contributed by atoms with Crippen LogP contribution in [0.25, 0.3) is 11.1 Å². The first-order valence-corrected chi connectivity index (χ1v) is 21.8. The lowest BCUT2D eigenvalue weighted by molar-refractivity contribution is -0.199. The molecule has 3 aliphatic carbocycles. The zero-order valence-corrected chi connectivity index (χ0v) is 36.0. The summed E-state index contributed by atoms with van der Waals surface area (Å²) in [5, 5.41) is 13.4. The minimum absolute atomic E-state index is 0.00226. The Labute approximate surface area is 350 Å². The maximum atomic E-state index is 13.3. The average Bonchev–Trinajstić information content (AvgIpc) is 3.58. The van der Waals surface area contributed by atoms with E-state index >= 15 is 0 Å². The van der Waals surface area contributed by atoms with Gasteiger partial charge in [-0.05, 0) is 91.5 Å². The Morgan fingerprint density at radius 2 is 1.39 bits per heavy atom. The van der Waals surface area contributed by atoms with Crippen LogP contribution in [-0.4, -0.2) is 93.2 Å². The van der Waals surface area contributed by atoms with Crippen LogP contribution in [0.5, 0.6) is 0 Å². The molecule has 6 atom stereocenters. The van der Waals surface area contributed by atoms with Crippen molar-refractivity contribution in [2.75, 3.05) is 32.7 Å².